The average molecular weight is 299 g/mol. The second kappa shape index (κ2) is 7.69. The van der Waals surface area contributed by atoms with E-state index in [0.29, 0.717) is 11.4 Å². The van der Waals surface area contributed by atoms with Crippen LogP contribution in [-0.2, 0) is 4.79 Å². The molecular formula is C13H19ClN4O2. The Morgan fingerprint density at radius 1 is 1.40 bits per heavy atom. The number of carbonyl (C=O) groups is 2. The third-order valence-electron chi connectivity index (χ3n) is 2.44. The van der Waals surface area contributed by atoms with Crippen LogP contribution in [0.15, 0.2) is 12.3 Å². The van der Waals surface area contributed by atoms with Crippen LogP contribution in [0, 0.1) is 0 Å². The Bertz CT molecular complexity index is 491. The minimum Gasteiger partial charge on any atom is -0.373 e. The van der Waals surface area contributed by atoms with Gasteiger partial charge in [0.1, 0.15) is 5.82 Å². The van der Waals surface area contributed by atoms with Gasteiger partial charge in [-0.05, 0) is 19.9 Å². The van der Waals surface area contributed by atoms with E-state index in [-0.39, 0.29) is 35.8 Å². The molecule has 0 aromatic carbocycles. The number of nitrogens with zero attached hydrogens (tertiary/aromatic N) is 1. The first-order chi connectivity index (χ1) is 9.43. The Morgan fingerprint density at radius 2 is 2.10 bits per heavy atom. The summed E-state index contributed by atoms with van der Waals surface area (Å²) in [6, 6.07) is 1.65. The summed E-state index contributed by atoms with van der Waals surface area (Å²) in [6.45, 7) is 4.02. The second-order valence-corrected chi connectivity index (χ2v) is 4.93. The molecule has 1 aromatic rings. The minimum absolute atomic E-state index is 0.0889. The van der Waals surface area contributed by atoms with Gasteiger partial charge in [0.15, 0.2) is 0 Å². The normalized spacial score (nSPS) is 10.2. The van der Waals surface area contributed by atoms with E-state index in [1.165, 1.54) is 6.20 Å². The molecule has 20 heavy (non-hydrogen) atoms. The fraction of sp³-hybridized carbons (Fsp3) is 0.462. The van der Waals surface area contributed by atoms with Gasteiger partial charge in [-0.25, -0.2) is 4.98 Å². The van der Waals surface area contributed by atoms with Gasteiger partial charge in [-0.1, -0.05) is 11.6 Å². The molecule has 0 saturated carbocycles. The number of pyridine rings is 1. The number of carbonyl (C=O) groups excluding carboxylic acids is 2. The number of amides is 2. The third-order valence-corrected chi connectivity index (χ3v) is 2.74. The first kappa shape index (κ1) is 16.2. The van der Waals surface area contributed by atoms with Crippen LogP contribution in [0.3, 0.4) is 0 Å². The van der Waals surface area contributed by atoms with E-state index < -0.39 is 0 Å². The topological polar surface area (TPSA) is 83.1 Å². The van der Waals surface area contributed by atoms with Gasteiger partial charge in [-0.2, -0.15) is 0 Å². The van der Waals surface area contributed by atoms with Gasteiger partial charge >= 0.3 is 0 Å². The molecule has 0 unspecified atom stereocenters. The van der Waals surface area contributed by atoms with Crippen LogP contribution in [0.25, 0.3) is 0 Å². The Balaban J connectivity index is 2.53. The zero-order valence-electron chi connectivity index (χ0n) is 11.8. The summed E-state index contributed by atoms with van der Waals surface area (Å²) in [4.78, 5) is 27.4. The predicted octanol–water partition coefficient (Wildman–Crippen LogP) is 1.42. The first-order valence-electron chi connectivity index (χ1n) is 6.35. The number of hydrogen-bond donors (Lipinski definition) is 3. The van der Waals surface area contributed by atoms with Crippen molar-refractivity contribution in [2.75, 3.05) is 18.9 Å². The second-order valence-electron chi connectivity index (χ2n) is 4.53. The van der Waals surface area contributed by atoms with E-state index in [0.717, 1.165) is 0 Å². The smallest absolute Gasteiger partial charge is 0.253 e. The number of aromatic nitrogens is 1. The highest BCUT2D eigenvalue weighted by Gasteiger charge is 2.12. The monoisotopic (exact) mass is 298 g/mol. The highest BCUT2D eigenvalue weighted by atomic mass is 35.5. The van der Waals surface area contributed by atoms with E-state index >= 15 is 0 Å². The molecule has 0 bridgehead atoms. The quantitative estimate of drug-likeness (QED) is 0.742. The van der Waals surface area contributed by atoms with Crippen molar-refractivity contribution in [1.29, 1.82) is 0 Å². The van der Waals surface area contributed by atoms with Crippen molar-refractivity contribution >= 4 is 29.2 Å². The molecule has 110 valence electrons. The SMILES string of the molecule is CNc1cc(C(=O)NCCC(=O)NC(C)C)c(Cl)cn1. The van der Waals surface area contributed by atoms with Crippen LogP contribution in [0.2, 0.25) is 5.02 Å². The van der Waals surface area contributed by atoms with Gasteiger partial charge in [-0.15, -0.1) is 0 Å². The molecule has 0 spiro atoms. The Labute approximate surface area is 123 Å². The highest BCUT2D eigenvalue weighted by Crippen LogP contribution is 2.17. The van der Waals surface area contributed by atoms with Crippen molar-refractivity contribution in [3.63, 3.8) is 0 Å². The van der Waals surface area contributed by atoms with Gasteiger partial charge in [0.2, 0.25) is 5.91 Å². The zero-order valence-corrected chi connectivity index (χ0v) is 12.5. The lowest BCUT2D eigenvalue weighted by molar-refractivity contribution is -0.121. The predicted molar refractivity (Wildman–Crippen MR) is 79.0 cm³/mol. The summed E-state index contributed by atoms with van der Waals surface area (Å²) in [5.41, 5.74) is 0.329. The molecule has 0 atom stereocenters. The molecular weight excluding hydrogens is 280 g/mol. The number of halogens is 1. The van der Waals surface area contributed by atoms with Crippen LogP contribution >= 0.6 is 11.6 Å². The minimum atomic E-state index is -0.328. The molecule has 1 heterocycles. The Kier molecular flexibility index (Phi) is 6.24. The van der Waals surface area contributed by atoms with Gasteiger partial charge in [0, 0.05) is 32.3 Å². The fourth-order valence-electron chi connectivity index (χ4n) is 1.53. The van der Waals surface area contributed by atoms with E-state index in [1.807, 2.05) is 13.8 Å². The van der Waals surface area contributed by atoms with E-state index in [2.05, 4.69) is 20.9 Å². The lowest BCUT2D eigenvalue weighted by Crippen LogP contribution is -2.34. The van der Waals surface area contributed by atoms with Crippen molar-refractivity contribution in [1.82, 2.24) is 15.6 Å². The Hall–Kier alpha value is -1.82. The number of anilines is 1. The van der Waals surface area contributed by atoms with Crippen molar-refractivity contribution < 1.29 is 9.59 Å². The maximum Gasteiger partial charge on any atom is 0.253 e. The molecule has 0 saturated heterocycles. The fourth-order valence-corrected chi connectivity index (χ4v) is 1.72. The van der Waals surface area contributed by atoms with Crippen molar-refractivity contribution in [3.05, 3.63) is 22.8 Å². The van der Waals surface area contributed by atoms with Crippen molar-refractivity contribution in [2.45, 2.75) is 26.3 Å². The summed E-state index contributed by atoms with van der Waals surface area (Å²) in [5, 5.41) is 8.51. The molecule has 2 amide bonds. The number of rotatable bonds is 6. The van der Waals surface area contributed by atoms with Gasteiger partial charge in [0.25, 0.3) is 5.91 Å². The Morgan fingerprint density at radius 3 is 2.70 bits per heavy atom. The molecule has 0 fully saturated rings. The average Bonchev–Trinajstić information content (AvgIpc) is 2.38. The van der Waals surface area contributed by atoms with Crippen LogP contribution in [0.1, 0.15) is 30.6 Å². The molecule has 1 aromatic heterocycles. The van der Waals surface area contributed by atoms with Crippen LogP contribution < -0.4 is 16.0 Å². The van der Waals surface area contributed by atoms with Gasteiger partial charge in [0.05, 0.1) is 10.6 Å². The molecule has 0 aliphatic heterocycles. The lowest BCUT2D eigenvalue weighted by Gasteiger charge is -2.10. The summed E-state index contributed by atoms with van der Waals surface area (Å²) < 4.78 is 0. The molecule has 0 radical (unpaired) electrons. The van der Waals surface area contributed by atoms with E-state index in [1.54, 1.807) is 13.1 Å². The van der Waals surface area contributed by atoms with E-state index in [4.69, 9.17) is 11.6 Å². The largest absolute Gasteiger partial charge is 0.373 e. The molecule has 3 N–H and O–H groups in total. The lowest BCUT2D eigenvalue weighted by atomic mass is 10.2. The highest BCUT2D eigenvalue weighted by molar-refractivity contribution is 6.33. The summed E-state index contributed by atoms with van der Waals surface area (Å²) in [6.07, 6.45) is 1.64. The standard InChI is InChI=1S/C13H19ClN4O2/c1-8(2)18-12(19)4-5-16-13(20)9-6-11(15-3)17-7-10(9)14/h6-8H,4-5H2,1-3H3,(H,15,17)(H,16,20)(H,18,19). The molecule has 0 aliphatic rings. The van der Waals surface area contributed by atoms with Crippen LogP contribution in [0.5, 0.6) is 0 Å². The van der Waals surface area contributed by atoms with Crippen molar-refractivity contribution in [3.8, 4) is 0 Å². The van der Waals surface area contributed by atoms with Crippen LogP contribution in [0.4, 0.5) is 5.82 Å². The summed E-state index contributed by atoms with van der Waals surface area (Å²) in [5.74, 6) is 0.125. The number of hydrogen-bond acceptors (Lipinski definition) is 4. The van der Waals surface area contributed by atoms with E-state index in [9.17, 15) is 9.59 Å². The molecule has 0 aliphatic carbocycles. The number of nitrogens with one attached hydrogen (secondary N) is 3. The molecule has 1 rings (SSSR count). The van der Waals surface area contributed by atoms with Gasteiger partial charge in [-0.3, -0.25) is 9.59 Å². The summed E-state index contributed by atoms with van der Waals surface area (Å²) >= 11 is 5.93. The molecule has 7 heteroatoms. The maximum absolute atomic E-state index is 12.0. The van der Waals surface area contributed by atoms with Gasteiger partial charge < -0.3 is 16.0 Å². The molecule has 6 nitrogen and oxygen atoms in total. The maximum atomic E-state index is 12.0. The first-order valence-corrected chi connectivity index (χ1v) is 6.72. The third kappa shape index (κ3) is 5.05. The van der Waals surface area contributed by atoms with Crippen molar-refractivity contribution in [2.24, 2.45) is 0 Å². The zero-order chi connectivity index (χ0) is 15.1. The summed E-state index contributed by atoms with van der Waals surface area (Å²) in [7, 11) is 1.70. The van der Waals surface area contributed by atoms with Crippen LogP contribution in [-0.4, -0.2) is 36.4 Å².